The lowest BCUT2D eigenvalue weighted by Crippen LogP contribution is -2.27. The monoisotopic (exact) mass is 235 g/mol. The molecule has 17 heavy (non-hydrogen) atoms. The summed E-state index contributed by atoms with van der Waals surface area (Å²) in [5, 5.41) is 2.72. The average Bonchev–Trinajstić information content (AvgIpc) is 2.34. The van der Waals surface area contributed by atoms with Crippen molar-refractivity contribution >= 4 is 11.8 Å². The molecule has 1 heterocycles. The van der Waals surface area contributed by atoms with Gasteiger partial charge in [0.2, 0.25) is 11.8 Å². The lowest BCUT2D eigenvalue weighted by atomic mass is 10.2. The summed E-state index contributed by atoms with van der Waals surface area (Å²) in [6.45, 7) is 0.399. The third-order valence-electron chi connectivity index (χ3n) is 2.26. The van der Waals surface area contributed by atoms with Gasteiger partial charge in [-0.05, 0) is 12.1 Å². The summed E-state index contributed by atoms with van der Waals surface area (Å²) in [5.41, 5.74) is 0.805. The molecule has 5 nitrogen and oxygen atoms in total. The van der Waals surface area contributed by atoms with Crippen molar-refractivity contribution in [2.75, 3.05) is 14.1 Å². The Bertz CT molecular complexity index is 377. The Morgan fingerprint density at radius 3 is 2.65 bits per heavy atom. The van der Waals surface area contributed by atoms with Crippen LogP contribution in [0.4, 0.5) is 0 Å². The van der Waals surface area contributed by atoms with Gasteiger partial charge in [-0.1, -0.05) is 6.07 Å². The summed E-state index contributed by atoms with van der Waals surface area (Å²) in [4.78, 5) is 28.3. The van der Waals surface area contributed by atoms with Gasteiger partial charge in [0, 0.05) is 33.1 Å². The predicted octanol–water partition coefficient (Wildman–Crippen LogP) is 0.566. The van der Waals surface area contributed by atoms with Gasteiger partial charge in [0.15, 0.2) is 0 Å². The number of carbonyl (C=O) groups excluding carboxylic acids is 2. The van der Waals surface area contributed by atoms with E-state index < -0.39 is 0 Å². The molecule has 0 radical (unpaired) electrons. The first-order chi connectivity index (χ1) is 8.09. The van der Waals surface area contributed by atoms with Gasteiger partial charge < -0.3 is 10.2 Å². The summed E-state index contributed by atoms with van der Waals surface area (Å²) in [5.74, 6) is -0.177. The van der Waals surface area contributed by atoms with Crippen molar-refractivity contribution < 1.29 is 9.59 Å². The average molecular weight is 235 g/mol. The SMILES string of the molecule is CN(C)C(=O)CCC(=O)NCc1ccccn1. The maximum absolute atomic E-state index is 11.4. The molecule has 0 atom stereocenters. The molecule has 0 saturated heterocycles. The fraction of sp³-hybridized carbons (Fsp3) is 0.417. The smallest absolute Gasteiger partial charge is 0.222 e. The van der Waals surface area contributed by atoms with Crippen molar-refractivity contribution in [1.82, 2.24) is 15.2 Å². The fourth-order valence-electron chi connectivity index (χ4n) is 1.22. The molecule has 1 N–H and O–H groups in total. The number of pyridine rings is 1. The van der Waals surface area contributed by atoms with E-state index in [4.69, 9.17) is 0 Å². The first kappa shape index (κ1) is 13.2. The second-order valence-corrected chi connectivity index (χ2v) is 3.89. The van der Waals surface area contributed by atoms with Crippen LogP contribution < -0.4 is 5.32 Å². The van der Waals surface area contributed by atoms with Crippen LogP contribution in [0.5, 0.6) is 0 Å². The van der Waals surface area contributed by atoms with Crippen LogP contribution in [-0.2, 0) is 16.1 Å². The molecule has 0 fully saturated rings. The zero-order valence-electron chi connectivity index (χ0n) is 10.1. The first-order valence-electron chi connectivity index (χ1n) is 5.46. The highest BCUT2D eigenvalue weighted by Crippen LogP contribution is 1.96. The molecule has 2 amide bonds. The van der Waals surface area contributed by atoms with Crippen molar-refractivity contribution in [3.63, 3.8) is 0 Å². The largest absolute Gasteiger partial charge is 0.350 e. The molecule has 1 aromatic rings. The molecule has 0 bridgehead atoms. The standard InChI is InChI=1S/C12H17N3O2/c1-15(2)12(17)7-6-11(16)14-9-10-5-3-4-8-13-10/h3-5,8H,6-7,9H2,1-2H3,(H,14,16). The number of nitrogens with zero attached hydrogens (tertiary/aromatic N) is 2. The molecule has 0 aliphatic rings. The minimum Gasteiger partial charge on any atom is -0.350 e. The van der Waals surface area contributed by atoms with E-state index in [2.05, 4.69) is 10.3 Å². The van der Waals surface area contributed by atoms with E-state index in [-0.39, 0.29) is 24.7 Å². The number of hydrogen-bond donors (Lipinski definition) is 1. The molecular weight excluding hydrogens is 218 g/mol. The number of rotatable bonds is 5. The number of aromatic nitrogens is 1. The fourth-order valence-corrected chi connectivity index (χ4v) is 1.22. The van der Waals surface area contributed by atoms with Crippen LogP contribution in [-0.4, -0.2) is 35.8 Å². The van der Waals surface area contributed by atoms with Gasteiger partial charge in [-0.15, -0.1) is 0 Å². The summed E-state index contributed by atoms with van der Waals surface area (Å²) in [6, 6.07) is 5.52. The Kier molecular flexibility index (Phi) is 5.13. The normalized spacial score (nSPS) is 9.76. The van der Waals surface area contributed by atoms with E-state index in [1.807, 2.05) is 18.2 Å². The zero-order chi connectivity index (χ0) is 12.7. The summed E-state index contributed by atoms with van der Waals surface area (Å²) in [7, 11) is 3.35. The maximum atomic E-state index is 11.4. The summed E-state index contributed by atoms with van der Waals surface area (Å²) in [6.07, 6.45) is 2.13. The topological polar surface area (TPSA) is 62.3 Å². The number of amides is 2. The van der Waals surface area contributed by atoms with E-state index in [1.54, 1.807) is 20.3 Å². The Labute approximate surface area is 101 Å². The maximum Gasteiger partial charge on any atom is 0.222 e. The van der Waals surface area contributed by atoms with Gasteiger partial charge in [0.25, 0.3) is 0 Å². The van der Waals surface area contributed by atoms with E-state index in [9.17, 15) is 9.59 Å². The second-order valence-electron chi connectivity index (χ2n) is 3.89. The Hall–Kier alpha value is -1.91. The highest BCUT2D eigenvalue weighted by atomic mass is 16.2. The minimum absolute atomic E-state index is 0.0435. The summed E-state index contributed by atoms with van der Waals surface area (Å²) >= 11 is 0. The molecule has 0 aromatic carbocycles. The highest BCUT2D eigenvalue weighted by Gasteiger charge is 2.08. The van der Waals surface area contributed by atoms with Gasteiger partial charge >= 0.3 is 0 Å². The Balaban J connectivity index is 2.24. The van der Waals surface area contributed by atoms with Crippen LogP contribution in [0.1, 0.15) is 18.5 Å². The Morgan fingerprint density at radius 2 is 2.06 bits per heavy atom. The second kappa shape index (κ2) is 6.62. The minimum atomic E-state index is -0.133. The van der Waals surface area contributed by atoms with Crippen molar-refractivity contribution in [3.05, 3.63) is 30.1 Å². The van der Waals surface area contributed by atoms with E-state index in [0.29, 0.717) is 6.54 Å². The highest BCUT2D eigenvalue weighted by molar-refractivity contribution is 5.83. The quantitative estimate of drug-likeness (QED) is 0.811. The molecule has 92 valence electrons. The number of carbonyl (C=O) groups is 2. The predicted molar refractivity (Wildman–Crippen MR) is 64.0 cm³/mol. The van der Waals surface area contributed by atoms with E-state index in [0.717, 1.165) is 5.69 Å². The van der Waals surface area contributed by atoms with Gasteiger partial charge in [-0.2, -0.15) is 0 Å². The molecule has 0 unspecified atom stereocenters. The van der Waals surface area contributed by atoms with Crippen LogP contribution in [0.2, 0.25) is 0 Å². The van der Waals surface area contributed by atoms with Crippen LogP contribution in [0.15, 0.2) is 24.4 Å². The Morgan fingerprint density at radius 1 is 1.29 bits per heavy atom. The van der Waals surface area contributed by atoms with Gasteiger partial charge in [-0.3, -0.25) is 14.6 Å². The summed E-state index contributed by atoms with van der Waals surface area (Å²) < 4.78 is 0. The van der Waals surface area contributed by atoms with E-state index >= 15 is 0 Å². The van der Waals surface area contributed by atoms with Gasteiger partial charge in [-0.25, -0.2) is 0 Å². The molecule has 0 aliphatic heterocycles. The molecule has 0 spiro atoms. The van der Waals surface area contributed by atoms with Crippen LogP contribution in [0.3, 0.4) is 0 Å². The number of hydrogen-bond acceptors (Lipinski definition) is 3. The molecule has 5 heteroatoms. The van der Waals surface area contributed by atoms with Crippen molar-refractivity contribution in [3.8, 4) is 0 Å². The van der Waals surface area contributed by atoms with Gasteiger partial charge in [0.1, 0.15) is 0 Å². The molecule has 1 rings (SSSR count). The molecule has 0 aliphatic carbocycles. The van der Waals surface area contributed by atoms with Crippen molar-refractivity contribution in [2.45, 2.75) is 19.4 Å². The molecule has 1 aromatic heterocycles. The van der Waals surface area contributed by atoms with Gasteiger partial charge in [0.05, 0.1) is 12.2 Å². The van der Waals surface area contributed by atoms with E-state index in [1.165, 1.54) is 4.90 Å². The molecule has 0 saturated carbocycles. The number of nitrogens with one attached hydrogen (secondary N) is 1. The third-order valence-corrected chi connectivity index (χ3v) is 2.26. The van der Waals surface area contributed by atoms with Crippen molar-refractivity contribution in [1.29, 1.82) is 0 Å². The molecular formula is C12H17N3O2. The third kappa shape index (κ3) is 5.10. The lowest BCUT2D eigenvalue weighted by Gasteiger charge is -2.09. The van der Waals surface area contributed by atoms with Crippen LogP contribution in [0.25, 0.3) is 0 Å². The first-order valence-corrected chi connectivity index (χ1v) is 5.46. The van der Waals surface area contributed by atoms with Crippen LogP contribution >= 0.6 is 0 Å². The van der Waals surface area contributed by atoms with Crippen molar-refractivity contribution in [2.24, 2.45) is 0 Å². The van der Waals surface area contributed by atoms with Crippen LogP contribution in [0, 0.1) is 0 Å². The lowest BCUT2D eigenvalue weighted by molar-refractivity contribution is -0.131. The zero-order valence-corrected chi connectivity index (χ0v) is 10.1.